The number of benzene rings is 1. The molecule has 29 heavy (non-hydrogen) atoms. The minimum Gasteiger partial charge on any atom is -0.399 e. The summed E-state index contributed by atoms with van der Waals surface area (Å²) in [6, 6.07) is 15.1. The molecule has 0 fully saturated rings. The van der Waals surface area contributed by atoms with E-state index in [0.717, 1.165) is 11.1 Å². The van der Waals surface area contributed by atoms with Crippen molar-refractivity contribution in [1.29, 1.82) is 15.8 Å². The van der Waals surface area contributed by atoms with Crippen molar-refractivity contribution in [3.05, 3.63) is 58.3 Å². The summed E-state index contributed by atoms with van der Waals surface area (Å²) >= 11 is 0. The van der Waals surface area contributed by atoms with Gasteiger partial charge in [-0.25, -0.2) is 0 Å². The van der Waals surface area contributed by atoms with Gasteiger partial charge in [-0.1, -0.05) is 44.2 Å². The molecule has 0 radical (unpaired) electrons. The van der Waals surface area contributed by atoms with E-state index in [2.05, 4.69) is 75.1 Å². The number of allylic oxidation sites excluding steroid dienone is 2. The molecule has 2 N–H and O–H groups in total. The van der Waals surface area contributed by atoms with E-state index in [4.69, 9.17) is 5.73 Å². The van der Waals surface area contributed by atoms with Gasteiger partial charge in [-0.2, -0.15) is 15.8 Å². The van der Waals surface area contributed by atoms with Crippen LogP contribution in [0.15, 0.2) is 47.2 Å². The molecular weight excluding hydrogens is 358 g/mol. The third-order valence-electron chi connectivity index (χ3n) is 6.37. The Kier molecular flexibility index (Phi) is 5.52. The Bertz CT molecular complexity index is 962. The molecule has 1 aliphatic heterocycles. The summed E-state index contributed by atoms with van der Waals surface area (Å²) in [5.74, 6) is 0.0130. The number of hydrogen-bond donors (Lipinski definition) is 1. The summed E-state index contributed by atoms with van der Waals surface area (Å²) < 4.78 is 0. The van der Waals surface area contributed by atoms with Crippen LogP contribution in [0, 0.1) is 45.3 Å². The fraction of sp³-hybridized carbons (Fsp3) is 0.458. The summed E-state index contributed by atoms with van der Waals surface area (Å²) in [4.78, 5) is 2.31. The lowest BCUT2D eigenvalue weighted by Crippen LogP contribution is -2.48. The molecule has 0 spiro atoms. The Hall–Kier alpha value is -3.07. The Balaban J connectivity index is 2.23. The number of nitrogens with two attached hydrogens (primary N) is 1. The van der Waals surface area contributed by atoms with E-state index in [1.54, 1.807) is 0 Å². The van der Waals surface area contributed by atoms with Crippen LogP contribution >= 0.6 is 0 Å². The maximum atomic E-state index is 9.98. The Morgan fingerprint density at radius 3 is 2.17 bits per heavy atom. The van der Waals surface area contributed by atoms with Crippen molar-refractivity contribution in [2.45, 2.75) is 45.6 Å². The van der Waals surface area contributed by atoms with Gasteiger partial charge in [-0.15, -0.1) is 0 Å². The van der Waals surface area contributed by atoms with E-state index in [-0.39, 0.29) is 17.5 Å². The smallest absolute Gasteiger partial charge is 0.204 e. The van der Waals surface area contributed by atoms with Crippen LogP contribution in [-0.4, -0.2) is 24.0 Å². The van der Waals surface area contributed by atoms with Crippen LogP contribution in [0.2, 0.25) is 0 Å². The predicted molar refractivity (Wildman–Crippen MR) is 112 cm³/mol. The summed E-state index contributed by atoms with van der Waals surface area (Å²) in [7, 11) is 0. The van der Waals surface area contributed by atoms with Gasteiger partial charge in [0, 0.05) is 31.0 Å². The Morgan fingerprint density at radius 2 is 1.69 bits per heavy atom. The van der Waals surface area contributed by atoms with Gasteiger partial charge in [0.1, 0.15) is 0 Å². The molecule has 0 saturated heterocycles. The largest absolute Gasteiger partial charge is 0.399 e. The van der Waals surface area contributed by atoms with Crippen molar-refractivity contribution in [3.8, 4) is 18.2 Å². The zero-order chi connectivity index (χ0) is 21.3. The quantitative estimate of drug-likeness (QED) is 0.794. The van der Waals surface area contributed by atoms with E-state index in [0.29, 0.717) is 30.6 Å². The Morgan fingerprint density at radius 1 is 1.07 bits per heavy atom. The lowest BCUT2D eigenvalue weighted by atomic mass is 9.60. The van der Waals surface area contributed by atoms with Gasteiger partial charge in [0.15, 0.2) is 0 Å². The first-order valence-electron chi connectivity index (χ1n) is 10.1. The van der Waals surface area contributed by atoms with Gasteiger partial charge in [-0.3, -0.25) is 4.90 Å². The molecule has 1 aromatic rings. The zero-order valence-electron chi connectivity index (χ0n) is 17.5. The molecule has 5 nitrogen and oxygen atoms in total. The summed E-state index contributed by atoms with van der Waals surface area (Å²) in [6.45, 7) is 9.90. The average Bonchev–Trinajstić information content (AvgIpc) is 2.73. The lowest BCUT2D eigenvalue weighted by molar-refractivity contribution is 0.186. The number of nitrogens with zero attached hydrogens (tertiary/aromatic N) is 4. The number of nitriles is 3. The minimum absolute atomic E-state index is 0.0865. The minimum atomic E-state index is -1.56. The SMILES string of the molecule is CC(C)c1ccc([C@H]2C(C#N)=C(N)C(C#N)(C#N)C3=CCN(C(C)C)C[C@@H]32)cc1. The van der Waals surface area contributed by atoms with Crippen LogP contribution < -0.4 is 5.73 Å². The summed E-state index contributed by atoms with van der Waals surface area (Å²) in [5, 5.41) is 29.9. The predicted octanol–water partition coefficient (Wildman–Crippen LogP) is 3.94. The van der Waals surface area contributed by atoms with Crippen molar-refractivity contribution in [2.24, 2.45) is 17.1 Å². The van der Waals surface area contributed by atoms with Crippen molar-refractivity contribution < 1.29 is 0 Å². The first-order chi connectivity index (χ1) is 13.8. The van der Waals surface area contributed by atoms with Crippen molar-refractivity contribution in [3.63, 3.8) is 0 Å². The van der Waals surface area contributed by atoms with Gasteiger partial charge in [0.2, 0.25) is 5.41 Å². The Labute approximate surface area is 173 Å². The van der Waals surface area contributed by atoms with Gasteiger partial charge in [-0.05, 0) is 36.5 Å². The molecule has 5 heteroatoms. The monoisotopic (exact) mass is 385 g/mol. The normalized spacial score (nSPS) is 23.8. The molecule has 148 valence electrons. The third-order valence-corrected chi connectivity index (χ3v) is 6.37. The second-order valence-electron chi connectivity index (χ2n) is 8.53. The molecule has 2 atom stereocenters. The highest BCUT2D eigenvalue weighted by molar-refractivity contribution is 5.58. The van der Waals surface area contributed by atoms with Gasteiger partial charge in [0.25, 0.3) is 0 Å². The van der Waals surface area contributed by atoms with Gasteiger partial charge in [0.05, 0.1) is 29.5 Å². The van der Waals surface area contributed by atoms with E-state index >= 15 is 0 Å². The highest BCUT2D eigenvalue weighted by Gasteiger charge is 2.52. The van der Waals surface area contributed by atoms with Crippen LogP contribution in [0.1, 0.15) is 50.7 Å². The molecule has 2 aliphatic rings. The summed E-state index contributed by atoms with van der Waals surface area (Å²) in [5.41, 5.74) is 8.20. The zero-order valence-corrected chi connectivity index (χ0v) is 17.5. The fourth-order valence-corrected chi connectivity index (χ4v) is 4.55. The topological polar surface area (TPSA) is 101 Å². The molecule has 0 unspecified atom stereocenters. The van der Waals surface area contributed by atoms with Crippen LogP contribution in [-0.2, 0) is 0 Å². The maximum Gasteiger partial charge on any atom is 0.204 e. The summed E-state index contributed by atoms with van der Waals surface area (Å²) in [6.07, 6.45) is 1.98. The molecule has 0 saturated carbocycles. The van der Waals surface area contributed by atoms with Crippen LogP contribution in [0.25, 0.3) is 0 Å². The highest BCUT2D eigenvalue weighted by Crippen LogP contribution is 2.52. The second-order valence-corrected chi connectivity index (χ2v) is 8.53. The maximum absolute atomic E-state index is 9.98. The van der Waals surface area contributed by atoms with Gasteiger partial charge < -0.3 is 5.73 Å². The fourth-order valence-electron chi connectivity index (χ4n) is 4.55. The van der Waals surface area contributed by atoms with Crippen molar-refractivity contribution in [1.82, 2.24) is 4.90 Å². The standard InChI is InChI=1S/C24H27N5/c1-15(2)17-5-7-18(8-6-17)22-19(11-25)23(28)24(13-26,14-27)21-9-10-29(16(3)4)12-20(21)22/h5-9,15-16,20,22H,10,12,28H2,1-4H3/t20-,22-/m0/s1. The third kappa shape index (κ3) is 3.21. The average molecular weight is 386 g/mol. The molecule has 1 aliphatic carbocycles. The first-order valence-corrected chi connectivity index (χ1v) is 10.1. The first kappa shape index (κ1) is 20.7. The lowest BCUT2D eigenvalue weighted by Gasteiger charge is -2.46. The number of fused-ring (bicyclic) bond motifs is 1. The van der Waals surface area contributed by atoms with Crippen molar-refractivity contribution in [2.75, 3.05) is 13.1 Å². The van der Waals surface area contributed by atoms with E-state index in [9.17, 15) is 15.8 Å². The molecular formula is C24H27N5. The molecule has 0 bridgehead atoms. The number of hydrogen-bond acceptors (Lipinski definition) is 5. The van der Waals surface area contributed by atoms with Gasteiger partial charge >= 0.3 is 0 Å². The highest BCUT2D eigenvalue weighted by atomic mass is 15.2. The molecule has 0 amide bonds. The van der Waals surface area contributed by atoms with Crippen LogP contribution in [0.5, 0.6) is 0 Å². The molecule has 0 aromatic heterocycles. The van der Waals surface area contributed by atoms with E-state index < -0.39 is 5.41 Å². The van der Waals surface area contributed by atoms with E-state index in [1.807, 2.05) is 6.08 Å². The molecule has 1 aromatic carbocycles. The second kappa shape index (κ2) is 7.75. The number of rotatable bonds is 3. The van der Waals surface area contributed by atoms with Crippen LogP contribution in [0.4, 0.5) is 0 Å². The van der Waals surface area contributed by atoms with E-state index in [1.165, 1.54) is 5.56 Å². The molecule has 3 rings (SSSR count). The van der Waals surface area contributed by atoms with Crippen molar-refractivity contribution >= 4 is 0 Å². The van der Waals surface area contributed by atoms with Crippen LogP contribution in [0.3, 0.4) is 0 Å². The molecule has 1 heterocycles.